The molecule has 0 unspecified atom stereocenters. The molecule has 1 aromatic rings. The van der Waals surface area contributed by atoms with E-state index in [0.717, 1.165) is 17.7 Å². The van der Waals surface area contributed by atoms with Gasteiger partial charge in [0.1, 0.15) is 0 Å². The van der Waals surface area contributed by atoms with Crippen LogP contribution in [0.3, 0.4) is 0 Å². The molecule has 0 saturated carbocycles. The van der Waals surface area contributed by atoms with Crippen molar-refractivity contribution < 1.29 is 5.03 Å². The van der Waals surface area contributed by atoms with Crippen molar-refractivity contribution in [2.24, 2.45) is 17.2 Å². The van der Waals surface area contributed by atoms with Gasteiger partial charge in [0.2, 0.25) is 0 Å². The van der Waals surface area contributed by atoms with E-state index >= 15 is 0 Å². The molecule has 0 saturated heterocycles. The van der Waals surface area contributed by atoms with Crippen LogP contribution in [0.5, 0.6) is 0 Å². The van der Waals surface area contributed by atoms with Gasteiger partial charge in [-0.3, -0.25) is 5.41 Å². The lowest BCUT2D eigenvalue weighted by molar-refractivity contribution is -0.629. The third-order valence-corrected chi connectivity index (χ3v) is 3.41. The Morgan fingerprint density at radius 2 is 2.13 bits per heavy atom. The molecule has 1 atom stereocenters. The fourth-order valence-corrected chi connectivity index (χ4v) is 2.20. The average molecular weight is 323 g/mol. The number of hydrazine groups is 1. The van der Waals surface area contributed by atoms with Gasteiger partial charge >= 0.3 is 0 Å². The average Bonchev–Trinajstić information content (AvgIpc) is 2.50. The number of hydrogen-bond acceptors (Lipinski definition) is 6. The fourth-order valence-electron chi connectivity index (χ4n) is 2.20. The van der Waals surface area contributed by atoms with E-state index in [1.165, 1.54) is 0 Å². The number of benzene rings is 1. The number of nitrogens with zero attached hydrogens (tertiary/aromatic N) is 2. The van der Waals surface area contributed by atoms with Crippen LogP contribution in [0, 0.1) is 15.5 Å². The molecule has 0 amide bonds. The van der Waals surface area contributed by atoms with Crippen LogP contribution in [0.25, 0.3) is 0 Å². The van der Waals surface area contributed by atoms with Gasteiger partial charge < -0.3 is 22.5 Å². The van der Waals surface area contributed by atoms with Crippen LogP contribution in [0.1, 0.15) is 18.4 Å². The number of nitrogens with one attached hydrogen (secondary N) is 2. The molecule has 0 spiro atoms. The lowest BCUT2D eigenvalue weighted by Gasteiger charge is -2.17. The lowest BCUT2D eigenvalue weighted by atomic mass is 10.1. The number of nitrogens with two attached hydrogens (primary N) is 3. The maximum Gasteiger partial charge on any atom is 0.251 e. The molecule has 128 valence electrons. The molecule has 8 N–H and O–H groups in total. The van der Waals surface area contributed by atoms with Gasteiger partial charge in [0.05, 0.1) is 6.54 Å². The fraction of sp³-hybridized carbons (Fsp3) is 0.500. The first-order valence-electron chi connectivity index (χ1n) is 7.49. The number of para-hydroxylation sites is 1. The van der Waals surface area contributed by atoms with Gasteiger partial charge in [0, 0.05) is 18.3 Å². The summed E-state index contributed by atoms with van der Waals surface area (Å²) in [7, 11) is 0. The van der Waals surface area contributed by atoms with E-state index in [-0.39, 0.29) is 12.6 Å². The lowest BCUT2D eigenvalue weighted by Crippen LogP contribution is -2.42. The van der Waals surface area contributed by atoms with Crippen molar-refractivity contribution in [3.63, 3.8) is 0 Å². The molecular formula is C14H25N7O2. The number of nitro groups is 1. The van der Waals surface area contributed by atoms with Crippen LogP contribution in [-0.4, -0.2) is 41.7 Å². The Kier molecular flexibility index (Phi) is 7.78. The van der Waals surface area contributed by atoms with Gasteiger partial charge in [-0.05, 0) is 37.4 Å². The second-order valence-corrected chi connectivity index (χ2v) is 5.23. The summed E-state index contributed by atoms with van der Waals surface area (Å²) >= 11 is 0. The normalized spacial score (nSPS) is 11.7. The minimum absolute atomic E-state index is 0.0692. The van der Waals surface area contributed by atoms with E-state index in [4.69, 9.17) is 22.6 Å². The highest BCUT2D eigenvalue weighted by Gasteiger charge is 2.17. The molecule has 1 aromatic carbocycles. The van der Waals surface area contributed by atoms with Crippen molar-refractivity contribution in [2.75, 3.05) is 25.0 Å². The summed E-state index contributed by atoms with van der Waals surface area (Å²) < 4.78 is 0. The third-order valence-electron chi connectivity index (χ3n) is 3.41. The Hall–Kier alpha value is -2.39. The van der Waals surface area contributed by atoms with Gasteiger partial charge in [0.15, 0.2) is 5.03 Å². The Bertz CT molecular complexity index is 510. The monoisotopic (exact) mass is 323 g/mol. The summed E-state index contributed by atoms with van der Waals surface area (Å²) in [6, 6.07) is 7.74. The van der Waals surface area contributed by atoms with E-state index < -0.39 is 11.0 Å². The maximum absolute atomic E-state index is 10.7. The Balaban J connectivity index is 2.39. The smallest absolute Gasteiger partial charge is 0.251 e. The molecule has 0 aliphatic rings. The Morgan fingerprint density at radius 3 is 2.74 bits per heavy atom. The number of anilines is 1. The predicted octanol–water partition coefficient (Wildman–Crippen LogP) is 0.0944. The predicted molar refractivity (Wildman–Crippen MR) is 90.5 cm³/mol. The first-order valence-corrected chi connectivity index (χ1v) is 7.49. The van der Waals surface area contributed by atoms with E-state index in [1.54, 1.807) is 0 Å². The minimum Gasteiger partial charge on any atom is -0.383 e. The highest BCUT2D eigenvalue weighted by atomic mass is 16.7. The molecule has 23 heavy (non-hydrogen) atoms. The molecular weight excluding hydrogens is 298 g/mol. The number of rotatable bonds is 10. The molecule has 0 aliphatic carbocycles. The van der Waals surface area contributed by atoms with Crippen molar-refractivity contribution in [2.45, 2.75) is 25.3 Å². The highest BCUT2D eigenvalue weighted by Crippen LogP contribution is 2.15. The van der Waals surface area contributed by atoms with E-state index in [1.807, 2.05) is 24.3 Å². The van der Waals surface area contributed by atoms with Gasteiger partial charge in [-0.2, -0.15) is 0 Å². The first kappa shape index (κ1) is 18.7. The zero-order valence-corrected chi connectivity index (χ0v) is 13.1. The summed E-state index contributed by atoms with van der Waals surface area (Å²) in [4.78, 5) is 10.7. The van der Waals surface area contributed by atoms with Crippen LogP contribution in [0.4, 0.5) is 5.69 Å². The van der Waals surface area contributed by atoms with Crippen molar-refractivity contribution in [3.8, 4) is 0 Å². The zero-order valence-electron chi connectivity index (χ0n) is 13.1. The molecule has 9 heteroatoms. The topological polar surface area (TPSA) is 160 Å². The van der Waals surface area contributed by atoms with Gasteiger partial charge in [-0.1, -0.05) is 23.2 Å². The SMILES string of the molecule is N=C(N)N(CCC[C@H](N)CNc1ccccc1CCN)[N+](=O)[O-]. The Morgan fingerprint density at radius 1 is 1.43 bits per heavy atom. The minimum atomic E-state index is -0.685. The number of hydrogen-bond donors (Lipinski definition) is 5. The van der Waals surface area contributed by atoms with Crippen molar-refractivity contribution in [3.05, 3.63) is 39.9 Å². The second-order valence-electron chi connectivity index (χ2n) is 5.23. The summed E-state index contributed by atoms with van der Waals surface area (Å²) in [5, 5.41) is 21.0. The van der Waals surface area contributed by atoms with E-state index in [0.29, 0.717) is 30.9 Å². The van der Waals surface area contributed by atoms with Gasteiger partial charge in [-0.25, -0.2) is 10.1 Å². The second kappa shape index (κ2) is 9.59. The Labute approximate surface area is 135 Å². The van der Waals surface area contributed by atoms with E-state index in [2.05, 4.69) is 5.32 Å². The number of guanidine groups is 1. The molecule has 0 aromatic heterocycles. The van der Waals surface area contributed by atoms with E-state index in [9.17, 15) is 10.1 Å². The van der Waals surface area contributed by atoms with Gasteiger partial charge in [-0.15, -0.1) is 0 Å². The van der Waals surface area contributed by atoms with Crippen molar-refractivity contribution >= 4 is 11.6 Å². The zero-order chi connectivity index (χ0) is 17.2. The molecule has 0 bridgehead atoms. The van der Waals surface area contributed by atoms with Gasteiger partial charge in [0.25, 0.3) is 5.96 Å². The quantitative estimate of drug-likeness (QED) is 0.176. The summed E-state index contributed by atoms with van der Waals surface area (Å²) in [5.74, 6) is -0.572. The van der Waals surface area contributed by atoms with Crippen LogP contribution in [0.2, 0.25) is 0 Å². The molecule has 0 fully saturated rings. The van der Waals surface area contributed by atoms with Crippen LogP contribution in [-0.2, 0) is 6.42 Å². The van der Waals surface area contributed by atoms with Crippen LogP contribution < -0.4 is 22.5 Å². The third kappa shape index (κ3) is 6.49. The first-order chi connectivity index (χ1) is 11.0. The van der Waals surface area contributed by atoms with Crippen molar-refractivity contribution in [1.29, 1.82) is 5.41 Å². The molecule has 0 radical (unpaired) electrons. The van der Waals surface area contributed by atoms with Crippen LogP contribution >= 0.6 is 0 Å². The molecule has 1 rings (SSSR count). The van der Waals surface area contributed by atoms with Crippen molar-refractivity contribution in [1.82, 2.24) is 5.01 Å². The van der Waals surface area contributed by atoms with Crippen LogP contribution in [0.15, 0.2) is 24.3 Å². The summed E-state index contributed by atoms with van der Waals surface area (Å²) in [6.07, 6.45) is 1.85. The maximum atomic E-state index is 10.7. The highest BCUT2D eigenvalue weighted by molar-refractivity contribution is 5.73. The molecule has 0 aliphatic heterocycles. The summed E-state index contributed by atoms with van der Waals surface area (Å²) in [6.45, 7) is 1.20. The standard InChI is InChI=1S/C14H25N7O2/c15-8-7-11-4-1-2-6-13(11)19-10-12(16)5-3-9-20(14(17)18)21(22)23/h1-2,4,6,12,19H,3,5,7-10,15-16H2,(H3,17,18)/t12-/m0/s1. The molecule has 0 heterocycles. The summed E-state index contributed by atoms with van der Waals surface area (Å²) in [5.41, 5.74) is 18.9. The molecule has 9 nitrogen and oxygen atoms in total. The largest absolute Gasteiger partial charge is 0.383 e.